The van der Waals surface area contributed by atoms with Crippen LogP contribution in [0.15, 0.2) is 12.3 Å². The maximum Gasteiger partial charge on any atom is 0.251 e. The average molecular weight is 371 g/mol. The van der Waals surface area contributed by atoms with Gasteiger partial charge < -0.3 is 14.7 Å². The Morgan fingerprint density at radius 1 is 1.33 bits per heavy atom. The van der Waals surface area contributed by atoms with Crippen molar-refractivity contribution in [1.82, 2.24) is 9.88 Å². The van der Waals surface area contributed by atoms with Gasteiger partial charge in [-0.25, -0.2) is 0 Å². The van der Waals surface area contributed by atoms with Gasteiger partial charge >= 0.3 is 0 Å². The van der Waals surface area contributed by atoms with Gasteiger partial charge in [-0.3, -0.25) is 9.78 Å². The van der Waals surface area contributed by atoms with Crippen molar-refractivity contribution in [1.29, 1.82) is 0 Å². The van der Waals surface area contributed by atoms with Crippen LogP contribution in [0.1, 0.15) is 31.9 Å². The van der Waals surface area contributed by atoms with E-state index >= 15 is 0 Å². The van der Waals surface area contributed by atoms with Crippen molar-refractivity contribution >= 4 is 40.0 Å². The van der Waals surface area contributed by atoms with Crippen molar-refractivity contribution in [2.24, 2.45) is 0 Å². The molecule has 3 rings (SSSR count). The van der Waals surface area contributed by atoms with Gasteiger partial charge in [-0.15, -0.1) is 0 Å². The topological polar surface area (TPSA) is 62.7 Å². The Kier molecular flexibility index (Phi) is 5.91. The fourth-order valence-corrected chi connectivity index (χ4v) is 3.15. The van der Waals surface area contributed by atoms with Crippen molar-refractivity contribution in [2.45, 2.75) is 40.0 Å². The molecule has 1 unspecified atom stereocenters. The second-order valence-electron chi connectivity index (χ2n) is 5.24. The molecule has 2 aromatic rings. The number of aliphatic hydroxyl groups excluding tert-OH is 1. The summed E-state index contributed by atoms with van der Waals surface area (Å²) in [6.07, 6.45) is 0.669. The zero-order chi connectivity index (χ0) is 18.0. The number of nitrogens with zero attached hydrogens (tertiary/aromatic N) is 2. The molecular formula is C17H20Cl2N2O3. The molecule has 5 nitrogen and oxygen atoms in total. The minimum Gasteiger partial charge on any atom is -0.495 e. The number of hydrogen-bond acceptors (Lipinski definition) is 4. The highest BCUT2D eigenvalue weighted by atomic mass is 35.5. The van der Waals surface area contributed by atoms with Gasteiger partial charge in [0.25, 0.3) is 5.91 Å². The van der Waals surface area contributed by atoms with Crippen molar-refractivity contribution in [2.75, 3.05) is 7.11 Å². The Balaban J connectivity index is 0.00000100. The third kappa shape index (κ3) is 3.16. The summed E-state index contributed by atoms with van der Waals surface area (Å²) >= 11 is 12.4. The van der Waals surface area contributed by atoms with E-state index in [-0.39, 0.29) is 5.91 Å². The molecule has 0 spiro atoms. The number of benzene rings is 1. The van der Waals surface area contributed by atoms with Gasteiger partial charge in [0.1, 0.15) is 16.9 Å². The molecule has 2 heterocycles. The summed E-state index contributed by atoms with van der Waals surface area (Å²) in [6, 6.07) is 1.78. The molecule has 7 heteroatoms. The van der Waals surface area contributed by atoms with Gasteiger partial charge in [0.05, 0.1) is 17.6 Å². The number of aliphatic hydroxyl groups is 1. The first-order valence-electron chi connectivity index (χ1n) is 7.73. The van der Waals surface area contributed by atoms with Gasteiger partial charge in [0, 0.05) is 24.7 Å². The summed E-state index contributed by atoms with van der Waals surface area (Å²) in [4.78, 5) is 17.9. The van der Waals surface area contributed by atoms with Crippen molar-refractivity contribution in [3.63, 3.8) is 0 Å². The highest BCUT2D eigenvalue weighted by molar-refractivity contribution is 6.46. The van der Waals surface area contributed by atoms with E-state index < -0.39 is 6.10 Å². The Bertz CT molecular complexity index is 778. The Morgan fingerprint density at radius 3 is 2.58 bits per heavy atom. The predicted octanol–water partition coefficient (Wildman–Crippen LogP) is 3.80. The van der Waals surface area contributed by atoms with Crippen LogP contribution in [0, 0.1) is 0 Å². The molecule has 1 aromatic heterocycles. The van der Waals surface area contributed by atoms with Crippen LogP contribution in [-0.2, 0) is 17.9 Å². The van der Waals surface area contributed by atoms with Crippen LogP contribution in [-0.4, -0.2) is 34.1 Å². The van der Waals surface area contributed by atoms with Crippen molar-refractivity contribution in [3.05, 3.63) is 33.4 Å². The SMILES string of the molecule is CC.COc1cc2c3c(cnc2c(Cl)c1Cl)CN(C(=O)C(C)O)C3. The van der Waals surface area contributed by atoms with E-state index in [1.54, 1.807) is 17.2 Å². The number of aromatic nitrogens is 1. The number of methoxy groups -OCH3 is 1. The smallest absolute Gasteiger partial charge is 0.251 e. The summed E-state index contributed by atoms with van der Waals surface area (Å²) in [5.74, 6) is 0.158. The third-order valence-electron chi connectivity index (χ3n) is 3.81. The van der Waals surface area contributed by atoms with Crippen LogP contribution < -0.4 is 4.74 Å². The Morgan fingerprint density at radius 2 is 2.00 bits per heavy atom. The van der Waals surface area contributed by atoms with E-state index in [9.17, 15) is 9.90 Å². The lowest BCUT2D eigenvalue weighted by Crippen LogP contribution is -2.33. The Hall–Kier alpha value is -1.56. The van der Waals surface area contributed by atoms with Gasteiger partial charge in [-0.05, 0) is 24.1 Å². The highest BCUT2D eigenvalue weighted by Gasteiger charge is 2.28. The number of amides is 1. The van der Waals surface area contributed by atoms with Crippen LogP contribution in [0.4, 0.5) is 0 Å². The van der Waals surface area contributed by atoms with Gasteiger partial charge in [-0.2, -0.15) is 0 Å². The van der Waals surface area contributed by atoms with Gasteiger partial charge in [-0.1, -0.05) is 37.0 Å². The lowest BCUT2D eigenvalue weighted by molar-refractivity contribution is -0.139. The summed E-state index contributed by atoms with van der Waals surface area (Å²) < 4.78 is 5.24. The molecule has 1 atom stereocenters. The molecule has 1 aliphatic rings. The zero-order valence-electron chi connectivity index (χ0n) is 14.1. The molecule has 0 saturated heterocycles. The number of pyridine rings is 1. The van der Waals surface area contributed by atoms with E-state index in [2.05, 4.69) is 4.98 Å². The average Bonchev–Trinajstić information content (AvgIpc) is 3.03. The van der Waals surface area contributed by atoms with Crippen molar-refractivity contribution in [3.8, 4) is 5.75 Å². The standard InChI is InChI=1S/C15H14Cl2N2O3.C2H6/c1-7(20)15(21)19-5-8-4-18-14-9(10(8)6-19)3-11(22-2)12(16)13(14)17;1-2/h3-4,7,20H,5-6H2,1-2H3;1-2H3. The normalized spacial score (nSPS) is 14.0. The first-order valence-corrected chi connectivity index (χ1v) is 8.49. The van der Waals surface area contributed by atoms with E-state index in [1.165, 1.54) is 14.0 Å². The Labute approximate surface area is 151 Å². The maximum absolute atomic E-state index is 12.0. The molecule has 0 aliphatic carbocycles. The molecule has 0 radical (unpaired) electrons. The number of fused-ring (bicyclic) bond motifs is 3. The number of halogens is 2. The lowest BCUT2D eigenvalue weighted by atomic mass is 10.1. The molecule has 1 aliphatic heterocycles. The van der Waals surface area contributed by atoms with Crippen LogP contribution in [0.3, 0.4) is 0 Å². The summed E-state index contributed by atoms with van der Waals surface area (Å²) in [5.41, 5.74) is 2.47. The quantitative estimate of drug-likeness (QED) is 0.872. The number of carbonyl (C=O) groups excluding carboxylic acids is 1. The second kappa shape index (κ2) is 7.55. The van der Waals surface area contributed by atoms with Gasteiger partial charge in [0.15, 0.2) is 0 Å². The number of hydrogen-bond donors (Lipinski definition) is 1. The molecule has 0 fully saturated rings. The first-order chi connectivity index (χ1) is 11.4. The molecule has 1 aromatic carbocycles. The van der Waals surface area contributed by atoms with Gasteiger partial charge in [0.2, 0.25) is 0 Å². The third-order valence-corrected chi connectivity index (χ3v) is 4.65. The minimum atomic E-state index is -1.03. The highest BCUT2D eigenvalue weighted by Crippen LogP contribution is 2.40. The number of rotatable bonds is 2. The minimum absolute atomic E-state index is 0.309. The fraction of sp³-hybridized carbons (Fsp3) is 0.412. The van der Waals surface area contributed by atoms with E-state index in [1.807, 2.05) is 13.8 Å². The zero-order valence-corrected chi connectivity index (χ0v) is 15.6. The molecule has 1 N–H and O–H groups in total. The van der Waals surface area contributed by atoms with Crippen molar-refractivity contribution < 1.29 is 14.6 Å². The second-order valence-corrected chi connectivity index (χ2v) is 5.99. The van der Waals surface area contributed by atoms with Crippen LogP contribution in [0.5, 0.6) is 5.75 Å². The van der Waals surface area contributed by atoms with E-state index in [0.29, 0.717) is 34.4 Å². The van der Waals surface area contributed by atoms with Crippen LogP contribution in [0.2, 0.25) is 10.0 Å². The molecule has 0 saturated carbocycles. The first kappa shape index (κ1) is 18.8. The van der Waals surface area contributed by atoms with Crippen LogP contribution in [0.25, 0.3) is 10.9 Å². The predicted molar refractivity (Wildman–Crippen MR) is 95.6 cm³/mol. The number of carbonyl (C=O) groups is 1. The largest absolute Gasteiger partial charge is 0.495 e. The summed E-state index contributed by atoms with van der Waals surface area (Å²) in [5, 5.41) is 10.9. The fourth-order valence-electron chi connectivity index (χ4n) is 2.69. The molecule has 24 heavy (non-hydrogen) atoms. The molecular weight excluding hydrogens is 351 g/mol. The van der Waals surface area contributed by atoms with Crippen LogP contribution >= 0.6 is 23.2 Å². The monoisotopic (exact) mass is 370 g/mol. The molecule has 1 amide bonds. The summed E-state index contributed by atoms with van der Waals surface area (Å²) in [6.45, 7) is 6.28. The summed E-state index contributed by atoms with van der Waals surface area (Å²) in [7, 11) is 1.52. The van der Waals surface area contributed by atoms with E-state index in [4.69, 9.17) is 27.9 Å². The lowest BCUT2D eigenvalue weighted by Gasteiger charge is -2.16. The molecule has 130 valence electrons. The molecule has 0 bridgehead atoms. The number of ether oxygens (including phenoxy) is 1. The van der Waals surface area contributed by atoms with E-state index in [0.717, 1.165) is 16.5 Å². The maximum atomic E-state index is 12.0.